The molecular formula is C17H19NO3S. The maximum Gasteiger partial charge on any atom is 0.244 e. The van der Waals surface area contributed by atoms with Gasteiger partial charge in [0.1, 0.15) is 0 Å². The van der Waals surface area contributed by atoms with Gasteiger partial charge in [0.25, 0.3) is 0 Å². The SMILES string of the molecule is COc1ccc(C(C)NC(=O)/C=C/c2cccs2)cc1OC. The third kappa shape index (κ3) is 4.11. The molecule has 0 aliphatic carbocycles. The van der Waals surface area contributed by atoms with Crippen molar-refractivity contribution in [2.24, 2.45) is 0 Å². The fourth-order valence-electron chi connectivity index (χ4n) is 2.01. The zero-order valence-electron chi connectivity index (χ0n) is 12.8. The van der Waals surface area contributed by atoms with Crippen molar-refractivity contribution >= 4 is 23.3 Å². The molecule has 1 unspecified atom stereocenters. The fourth-order valence-corrected chi connectivity index (χ4v) is 2.63. The average molecular weight is 317 g/mol. The molecule has 2 rings (SSSR count). The molecular weight excluding hydrogens is 298 g/mol. The molecule has 0 spiro atoms. The van der Waals surface area contributed by atoms with Crippen LogP contribution in [0.3, 0.4) is 0 Å². The summed E-state index contributed by atoms with van der Waals surface area (Å²) in [6.45, 7) is 1.93. The minimum absolute atomic E-state index is 0.125. The second-order valence-electron chi connectivity index (χ2n) is 4.69. The maximum absolute atomic E-state index is 12.0. The van der Waals surface area contributed by atoms with Crippen molar-refractivity contribution in [1.82, 2.24) is 5.32 Å². The summed E-state index contributed by atoms with van der Waals surface area (Å²) in [6.07, 6.45) is 3.35. The molecule has 22 heavy (non-hydrogen) atoms. The van der Waals surface area contributed by atoms with E-state index in [0.29, 0.717) is 11.5 Å². The first kappa shape index (κ1) is 16.1. The van der Waals surface area contributed by atoms with E-state index < -0.39 is 0 Å². The highest BCUT2D eigenvalue weighted by molar-refractivity contribution is 7.10. The number of thiophene rings is 1. The van der Waals surface area contributed by atoms with Crippen LogP contribution in [0.2, 0.25) is 0 Å². The van der Waals surface area contributed by atoms with E-state index in [2.05, 4.69) is 5.32 Å². The summed E-state index contributed by atoms with van der Waals surface area (Å²) in [5, 5.41) is 4.91. The predicted molar refractivity (Wildman–Crippen MR) is 89.5 cm³/mol. The Bertz CT molecular complexity index is 650. The van der Waals surface area contributed by atoms with Gasteiger partial charge in [-0.25, -0.2) is 0 Å². The van der Waals surface area contributed by atoms with Gasteiger partial charge in [-0.15, -0.1) is 11.3 Å². The number of carbonyl (C=O) groups is 1. The van der Waals surface area contributed by atoms with Crippen LogP contribution in [0, 0.1) is 0 Å². The summed E-state index contributed by atoms with van der Waals surface area (Å²) in [6, 6.07) is 9.40. The van der Waals surface area contributed by atoms with E-state index in [0.717, 1.165) is 10.4 Å². The Hall–Kier alpha value is -2.27. The number of methoxy groups -OCH3 is 2. The van der Waals surface area contributed by atoms with Gasteiger partial charge in [-0.05, 0) is 42.1 Å². The first-order valence-electron chi connectivity index (χ1n) is 6.88. The Morgan fingerprint density at radius 3 is 2.64 bits per heavy atom. The number of amides is 1. The van der Waals surface area contributed by atoms with Gasteiger partial charge >= 0.3 is 0 Å². The Morgan fingerprint density at radius 1 is 1.23 bits per heavy atom. The summed E-state index contributed by atoms with van der Waals surface area (Å²) < 4.78 is 10.5. The molecule has 2 aromatic rings. The lowest BCUT2D eigenvalue weighted by Crippen LogP contribution is -2.24. The maximum atomic E-state index is 12.0. The predicted octanol–water partition coefficient (Wildman–Crippen LogP) is 3.66. The van der Waals surface area contributed by atoms with Crippen LogP contribution in [0.1, 0.15) is 23.4 Å². The minimum Gasteiger partial charge on any atom is -0.493 e. The van der Waals surface area contributed by atoms with Gasteiger partial charge in [0.2, 0.25) is 5.91 Å². The van der Waals surface area contributed by atoms with Crippen molar-refractivity contribution in [2.75, 3.05) is 14.2 Å². The summed E-state index contributed by atoms with van der Waals surface area (Å²) >= 11 is 1.59. The van der Waals surface area contributed by atoms with Crippen molar-refractivity contribution in [3.8, 4) is 11.5 Å². The zero-order valence-corrected chi connectivity index (χ0v) is 13.6. The topological polar surface area (TPSA) is 47.6 Å². The third-order valence-electron chi connectivity index (χ3n) is 3.21. The summed E-state index contributed by atoms with van der Waals surface area (Å²) in [5.41, 5.74) is 0.954. The van der Waals surface area contributed by atoms with Gasteiger partial charge in [-0.2, -0.15) is 0 Å². The van der Waals surface area contributed by atoms with Crippen LogP contribution in [-0.4, -0.2) is 20.1 Å². The average Bonchev–Trinajstić information content (AvgIpc) is 3.05. The number of hydrogen-bond donors (Lipinski definition) is 1. The van der Waals surface area contributed by atoms with Gasteiger partial charge in [0.05, 0.1) is 20.3 Å². The largest absolute Gasteiger partial charge is 0.493 e. The molecule has 0 saturated heterocycles. The number of nitrogens with one attached hydrogen (secondary N) is 1. The van der Waals surface area contributed by atoms with Crippen molar-refractivity contribution in [3.63, 3.8) is 0 Å². The van der Waals surface area contributed by atoms with E-state index in [-0.39, 0.29) is 11.9 Å². The lowest BCUT2D eigenvalue weighted by atomic mass is 10.1. The number of ether oxygens (including phenoxy) is 2. The molecule has 1 aromatic heterocycles. The highest BCUT2D eigenvalue weighted by atomic mass is 32.1. The van der Waals surface area contributed by atoms with E-state index in [1.165, 1.54) is 0 Å². The van der Waals surface area contributed by atoms with Gasteiger partial charge < -0.3 is 14.8 Å². The van der Waals surface area contributed by atoms with Crippen LogP contribution in [0.5, 0.6) is 11.5 Å². The molecule has 0 bridgehead atoms. The smallest absolute Gasteiger partial charge is 0.244 e. The fraction of sp³-hybridized carbons (Fsp3) is 0.235. The van der Waals surface area contributed by atoms with E-state index >= 15 is 0 Å². The van der Waals surface area contributed by atoms with Crippen LogP contribution in [0.4, 0.5) is 0 Å². The molecule has 0 fully saturated rings. The Morgan fingerprint density at radius 2 is 2.00 bits per heavy atom. The number of hydrogen-bond acceptors (Lipinski definition) is 4. The summed E-state index contributed by atoms with van der Waals surface area (Å²) in [4.78, 5) is 13.0. The first-order chi connectivity index (χ1) is 10.6. The number of rotatable bonds is 6. The molecule has 1 heterocycles. The summed E-state index contributed by atoms with van der Waals surface area (Å²) in [5.74, 6) is 1.19. The molecule has 0 saturated carbocycles. The van der Waals surface area contributed by atoms with Gasteiger partial charge in [-0.1, -0.05) is 12.1 Å². The van der Waals surface area contributed by atoms with Gasteiger partial charge in [-0.3, -0.25) is 4.79 Å². The standard InChI is InChI=1S/C17H19NO3S/c1-12(13-6-8-15(20-2)16(11-13)21-3)18-17(19)9-7-14-5-4-10-22-14/h4-12H,1-3H3,(H,18,19)/b9-7+. The molecule has 0 radical (unpaired) electrons. The third-order valence-corrected chi connectivity index (χ3v) is 4.05. The molecule has 1 atom stereocenters. The number of benzene rings is 1. The molecule has 1 amide bonds. The van der Waals surface area contributed by atoms with Crippen molar-refractivity contribution in [3.05, 3.63) is 52.2 Å². The lowest BCUT2D eigenvalue weighted by Gasteiger charge is -2.15. The van der Waals surface area contributed by atoms with Gasteiger partial charge in [0.15, 0.2) is 11.5 Å². The quantitative estimate of drug-likeness (QED) is 0.827. The number of carbonyl (C=O) groups excluding carboxylic acids is 1. The Labute approximate surface area is 134 Å². The van der Waals surface area contributed by atoms with Crippen LogP contribution in [0.15, 0.2) is 41.8 Å². The van der Waals surface area contributed by atoms with E-state index in [9.17, 15) is 4.79 Å². The lowest BCUT2D eigenvalue weighted by molar-refractivity contribution is -0.117. The monoisotopic (exact) mass is 317 g/mol. The van der Waals surface area contributed by atoms with E-state index in [4.69, 9.17) is 9.47 Å². The molecule has 0 aliphatic rings. The van der Waals surface area contributed by atoms with Crippen LogP contribution < -0.4 is 14.8 Å². The highest BCUT2D eigenvalue weighted by Crippen LogP contribution is 2.29. The molecule has 5 heteroatoms. The molecule has 1 aromatic carbocycles. The molecule has 116 valence electrons. The normalized spacial score (nSPS) is 12.1. The second-order valence-corrected chi connectivity index (χ2v) is 5.67. The Kier molecular flexibility index (Phi) is 5.61. The van der Waals surface area contributed by atoms with Crippen molar-refractivity contribution in [1.29, 1.82) is 0 Å². The van der Waals surface area contributed by atoms with E-state index in [1.54, 1.807) is 37.7 Å². The van der Waals surface area contributed by atoms with Crippen LogP contribution in [0.25, 0.3) is 6.08 Å². The highest BCUT2D eigenvalue weighted by Gasteiger charge is 2.11. The van der Waals surface area contributed by atoms with Crippen molar-refractivity contribution in [2.45, 2.75) is 13.0 Å². The van der Waals surface area contributed by atoms with Crippen LogP contribution >= 0.6 is 11.3 Å². The zero-order chi connectivity index (χ0) is 15.9. The van der Waals surface area contributed by atoms with Crippen LogP contribution in [-0.2, 0) is 4.79 Å². The molecule has 1 N–H and O–H groups in total. The molecule has 4 nitrogen and oxygen atoms in total. The Balaban J connectivity index is 2.02. The molecule has 0 aliphatic heterocycles. The van der Waals surface area contributed by atoms with Gasteiger partial charge in [0, 0.05) is 11.0 Å². The van der Waals surface area contributed by atoms with Crippen molar-refractivity contribution < 1.29 is 14.3 Å². The van der Waals surface area contributed by atoms with E-state index in [1.807, 2.05) is 42.6 Å². The summed E-state index contributed by atoms with van der Waals surface area (Å²) in [7, 11) is 3.19. The second kappa shape index (κ2) is 7.66. The minimum atomic E-state index is -0.129. The first-order valence-corrected chi connectivity index (χ1v) is 7.76.